The van der Waals surface area contributed by atoms with Crippen molar-refractivity contribution in [1.82, 2.24) is 20.2 Å². The number of nitrogens with zero attached hydrogens (tertiary/aromatic N) is 4. The molecule has 1 aromatic carbocycles. The van der Waals surface area contributed by atoms with E-state index in [0.29, 0.717) is 22.8 Å². The minimum Gasteiger partial charge on any atom is -0.369 e. The van der Waals surface area contributed by atoms with Crippen LogP contribution in [0.25, 0.3) is 11.0 Å². The van der Waals surface area contributed by atoms with Gasteiger partial charge in [-0.05, 0) is 81.2 Å². The number of alkyl halides is 3. The molecule has 0 unspecified atom stereocenters. The summed E-state index contributed by atoms with van der Waals surface area (Å²) in [4.78, 5) is 13.2. The molecule has 5 rings (SSSR count). The van der Waals surface area contributed by atoms with Crippen LogP contribution in [0.5, 0.6) is 0 Å². The standard InChI is InChI=1S/C24H32F3N5/c1-17-14-32(20-3-2-19(24(25,26)27)21-22(20)30-11-10-29-21)16-18(17)15-31-12-6-23(7-13-31)4-8-28-9-5-23/h2-3,10-11,17-18,28H,4-9,12-16H2,1H3/t17-,18-/m1/s1. The van der Waals surface area contributed by atoms with Crippen LogP contribution in [0.1, 0.15) is 38.2 Å². The van der Waals surface area contributed by atoms with E-state index in [0.717, 1.165) is 57.6 Å². The summed E-state index contributed by atoms with van der Waals surface area (Å²) in [6, 6.07) is 2.74. The number of rotatable bonds is 3. The zero-order valence-corrected chi connectivity index (χ0v) is 18.7. The average Bonchev–Trinajstić information content (AvgIpc) is 3.14. The number of piperidine rings is 2. The lowest BCUT2D eigenvalue weighted by molar-refractivity contribution is -0.136. The van der Waals surface area contributed by atoms with E-state index in [1.54, 1.807) is 6.07 Å². The topological polar surface area (TPSA) is 44.3 Å². The highest BCUT2D eigenvalue weighted by Gasteiger charge is 2.39. The molecule has 3 saturated heterocycles. The van der Waals surface area contributed by atoms with Crippen molar-refractivity contribution in [2.75, 3.05) is 50.7 Å². The maximum absolute atomic E-state index is 13.5. The van der Waals surface area contributed by atoms with Gasteiger partial charge in [-0.1, -0.05) is 6.92 Å². The van der Waals surface area contributed by atoms with Gasteiger partial charge in [0.05, 0.1) is 11.3 Å². The van der Waals surface area contributed by atoms with Crippen LogP contribution in [0, 0.1) is 17.3 Å². The van der Waals surface area contributed by atoms with Crippen molar-refractivity contribution in [3.8, 4) is 0 Å². The number of hydrogen-bond acceptors (Lipinski definition) is 5. The van der Waals surface area contributed by atoms with Crippen molar-refractivity contribution in [3.63, 3.8) is 0 Å². The third-order valence-corrected chi connectivity index (χ3v) is 8.09. The number of halogens is 3. The van der Waals surface area contributed by atoms with Gasteiger partial charge in [0.15, 0.2) is 0 Å². The third kappa shape index (κ3) is 4.19. The molecule has 3 aliphatic rings. The Labute approximate surface area is 187 Å². The summed E-state index contributed by atoms with van der Waals surface area (Å²) in [5.41, 5.74) is 0.890. The molecule has 0 aliphatic carbocycles. The lowest BCUT2D eigenvalue weighted by Gasteiger charge is -2.45. The molecule has 1 N–H and O–H groups in total. The van der Waals surface area contributed by atoms with Gasteiger partial charge < -0.3 is 15.1 Å². The molecule has 1 aromatic heterocycles. The summed E-state index contributed by atoms with van der Waals surface area (Å²) in [7, 11) is 0. The highest BCUT2D eigenvalue weighted by atomic mass is 19.4. The molecule has 5 nitrogen and oxygen atoms in total. The van der Waals surface area contributed by atoms with E-state index in [2.05, 4.69) is 32.0 Å². The Morgan fingerprint density at radius 1 is 1.00 bits per heavy atom. The molecule has 0 saturated carbocycles. The second kappa shape index (κ2) is 8.45. The molecule has 0 amide bonds. The number of likely N-dealkylation sites (tertiary alicyclic amines) is 1. The molecule has 3 fully saturated rings. The monoisotopic (exact) mass is 447 g/mol. The normalized spacial score (nSPS) is 26.8. The van der Waals surface area contributed by atoms with Crippen LogP contribution < -0.4 is 10.2 Å². The maximum Gasteiger partial charge on any atom is 0.418 e. The average molecular weight is 448 g/mol. The summed E-state index contributed by atoms with van der Waals surface area (Å²) >= 11 is 0. The smallest absolute Gasteiger partial charge is 0.369 e. The number of fused-ring (bicyclic) bond motifs is 1. The molecule has 32 heavy (non-hydrogen) atoms. The molecule has 174 valence electrons. The quantitative estimate of drug-likeness (QED) is 0.765. The van der Waals surface area contributed by atoms with Gasteiger partial charge >= 0.3 is 6.18 Å². The molecule has 4 heterocycles. The summed E-state index contributed by atoms with van der Waals surface area (Å²) < 4.78 is 40.4. The van der Waals surface area contributed by atoms with Crippen molar-refractivity contribution >= 4 is 16.7 Å². The fraction of sp³-hybridized carbons (Fsp3) is 0.667. The Hall–Kier alpha value is -1.93. The minimum absolute atomic E-state index is 0.0584. The fourth-order valence-electron chi connectivity index (χ4n) is 5.99. The lowest BCUT2D eigenvalue weighted by atomic mass is 9.71. The van der Waals surface area contributed by atoms with Gasteiger partial charge in [0.1, 0.15) is 11.0 Å². The predicted molar refractivity (Wildman–Crippen MR) is 120 cm³/mol. The molecule has 1 spiro atoms. The van der Waals surface area contributed by atoms with Crippen LogP contribution in [-0.4, -0.2) is 60.7 Å². The Kier molecular flexibility index (Phi) is 5.78. The first-order valence-electron chi connectivity index (χ1n) is 11.8. The number of nitrogens with one attached hydrogen (secondary N) is 1. The molecule has 8 heteroatoms. The molecule has 2 atom stereocenters. The van der Waals surface area contributed by atoms with Gasteiger partial charge in [0.2, 0.25) is 0 Å². The van der Waals surface area contributed by atoms with Gasteiger partial charge in [-0.2, -0.15) is 13.2 Å². The zero-order valence-electron chi connectivity index (χ0n) is 18.7. The fourth-order valence-corrected chi connectivity index (χ4v) is 5.99. The molecular weight excluding hydrogens is 415 g/mol. The first-order chi connectivity index (χ1) is 15.3. The highest BCUT2D eigenvalue weighted by molar-refractivity contribution is 5.90. The second-order valence-corrected chi connectivity index (χ2v) is 10.1. The number of benzene rings is 1. The van der Waals surface area contributed by atoms with Gasteiger partial charge in [0.25, 0.3) is 0 Å². The first kappa shape index (κ1) is 21.9. The maximum atomic E-state index is 13.5. The molecule has 0 bridgehead atoms. The Morgan fingerprint density at radius 3 is 2.38 bits per heavy atom. The third-order valence-electron chi connectivity index (χ3n) is 8.09. The van der Waals surface area contributed by atoms with Gasteiger partial charge in [0, 0.05) is 32.0 Å². The number of aromatic nitrogens is 2. The Bertz CT molecular complexity index is 946. The van der Waals surface area contributed by atoms with Gasteiger partial charge in [-0.3, -0.25) is 9.97 Å². The van der Waals surface area contributed by atoms with Crippen LogP contribution >= 0.6 is 0 Å². The van der Waals surface area contributed by atoms with Gasteiger partial charge in [-0.25, -0.2) is 0 Å². The largest absolute Gasteiger partial charge is 0.418 e. The van der Waals surface area contributed by atoms with Crippen molar-refractivity contribution in [2.24, 2.45) is 17.3 Å². The predicted octanol–water partition coefficient (Wildman–Crippen LogP) is 4.19. The summed E-state index contributed by atoms with van der Waals surface area (Å²) in [5.74, 6) is 0.991. The van der Waals surface area contributed by atoms with E-state index in [1.807, 2.05) is 0 Å². The van der Waals surface area contributed by atoms with E-state index in [4.69, 9.17) is 0 Å². The highest BCUT2D eigenvalue weighted by Crippen LogP contribution is 2.41. The molecular formula is C24H32F3N5. The van der Waals surface area contributed by atoms with E-state index in [1.165, 1.54) is 38.1 Å². The first-order valence-corrected chi connectivity index (χ1v) is 11.8. The second-order valence-electron chi connectivity index (χ2n) is 10.1. The van der Waals surface area contributed by atoms with Crippen LogP contribution in [0.2, 0.25) is 0 Å². The van der Waals surface area contributed by atoms with E-state index in [9.17, 15) is 13.2 Å². The summed E-state index contributed by atoms with van der Waals surface area (Å²) in [6.07, 6.45) is 3.56. The zero-order chi connectivity index (χ0) is 22.3. The lowest BCUT2D eigenvalue weighted by Crippen LogP contribution is -2.47. The number of hydrogen-bond donors (Lipinski definition) is 1. The number of anilines is 1. The van der Waals surface area contributed by atoms with Crippen LogP contribution in [-0.2, 0) is 6.18 Å². The van der Waals surface area contributed by atoms with Crippen molar-refractivity contribution in [2.45, 2.75) is 38.8 Å². The van der Waals surface area contributed by atoms with E-state index < -0.39 is 11.7 Å². The SMILES string of the molecule is C[C@@H]1CN(c2ccc(C(F)(F)F)c3nccnc23)C[C@H]1CN1CCC2(CCNCC2)CC1. The van der Waals surface area contributed by atoms with Gasteiger partial charge in [-0.15, -0.1) is 0 Å². The molecule has 2 aromatic rings. The Balaban J connectivity index is 1.28. The van der Waals surface area contributed by atoms with Crippen molar-refractivity contribution in [1.29, 1.82) is 0 Å². The summed E-state index contributed by atoms with van der Waals surface area (Å²) in [5, 5.41) is 3.49. The van der Waals surface area contributed by atoms with E-state index >= 15 is 0 Å². The van der Waals surface area contributed by atoms with Crippen LogP contribution in [0.15, 0.2) is 24.5 Å². The summed E-state index contributed by atoms with van der Waals surface area (Å²) in [6.45, 7) is 9.65. The van der Waals surface area contributed by atoms with Crippen molar-refractivity contribution < 1.29 is 13.2 Å². The minimum atomic E-state index is -4.44. The van der Waals surface area contributed by atoms with E-state index in [-0.39, 0.29) is 5.52 Å². The molecule has 0 radical (unpaired) electrons. The van der Waals surface area contributed by atoms with Crippen LogP contribution in [0.4, 0.5) is 18.9 Å². The van der Waals surface area contributed by atoms with Crippen molar-refractivity contribution in [3.05, 3.63) is 30.1 Å². The van der Waals surface area contributed by atoms with Crippen LogP contribution in [0.3, 0.4) is 0 Å². The Morgan fingerprint density at radius 2 is 1.69 bits per heavy atom. The molecule has 3 aliphatic heterocycles.